The van der Waals surface area contributed by atoms with Crippen molar-refractivity contribution in [3.63, 3.8) is 0 Å². The summed E-state index contributed by atoms with van der Waals surface area (Å²) in [6, 6.07) is 10.5. The Balaban J connectivity index is 1.67. The van der Waals surface area contributed by atoms with E-state index < -0.39 is 5.82 Å². The van der Waals surface area contributed by atoms with Crippen LogP contribution in [0.4, 0.5) is 8.78 Å². The fourth-order valence-corrected chi connectivity index (χ4v) is 3.63. The Labute approximate surface area is 161 Å². The number of hydrogen-bond acceptors (Lipinski definition) is 3. The Morgan fingerprint density at radius 1 is 1.21 bits per heavy atom. The first-order chi connectivity index (χ1) is 13.5. The molecule has 1 aliphatic heterocycles. The molecule has 1 fully saturated rings. The fraction of sp³-hybridized carbons (Fsp3) is 0.318. The molecular formula is C22H21F2NO3. The van der Waals surface area contributed by atoms with Gasteiger partial charge in [0.1, 0.15) is 17.2 Å². The van der Waals surface area contributed by atoms with Crippen LogP contribution in [0.1, 0.15) is 34.5 Å². The first kappa shape index (κ1) is 18.6. The maximum absolute atomic E-state index is 14.2. The van der Waals surface area contributed by atoms with Gasteiger partial charge in [0.2, 0.25) is 0 Å². The van der Waals surface area contributed by atoms with Gasteiger partial charge >= 0.3 is 0 Å². The van der Waals surface area contributed by atoms with Crippen LogP contribution in [0.5, 0.6) is 0 Å². The van der Waals surface area contributed by atoms with E-state index in [1.54, 1.807) is 30.0 Å². The second-order valence-electron chi connectivity index (χ2n) is 7.11. The zero-order valence-corrected chi connectivity index (χ0v) is 15.6. The standard InChI is InChI=1S/C22H21F2NO3/c1-14-18-11-16(23)8-9-20(18)28-21(14)22(26)25(13-17-6-4-10-27-17)12-15-5-2-3-7-19(15)24/h2-3,5,7-9,11,17H,4,6,10,12-13H2,1H3/t17-/m1/s1. The maximum Gasteiger partial charge on any atom is 0.290 e. The minimum atomic E-state index is -0.391. The third-order valence-electron chi connectivity index (χ3n) is 5.15. The molecule has 4 nitrogen and oxygen atoms in total. The van der Waals surface area contributed by atoms with E-state index in [9.17, 15) is 13.6 Å². The van der Waals surface area contributed by atoms with Gasteiger partial charge < -0.3 is 14.1 Å². The van der Waals surface area contributed by atoms with Gasteiger partial charge in [0.15, 0.2) is 5.76 Å². The predicted octanol–water partition coefficient (Wildman–Crippen LogP) is 4.84. The Kier molecular flexibility index (Phi) is 5.13. The van der Waals surface area contributed by atoms with Crippen LogP contribution >= 0.6 is 0 Å². The normalized spacial score (nSPS) is 16.6. The monoisotopic (exact) mass is 385 g/mol. The van der Waals surface area contributed by atoms with Crippen LogP contribution in [0.3, 0.4) is 0 Å². The van der Waals surface area contributed by atoms with Gasteiger partial charge in [0, 0.05) is 36.2 Å². The zero-order chi connectivity index (χ0) is 19.7. The van der Waals surface area contributed by atoms with Crippen molar-refractivity contribution in [1.82, 2.24) is 4.90 Å². The molecule has 0 aliphatic carbocycles. The van der Waals surface area contributed by atoms with E-state index in [-0.39, 0.29) is 30.1 Å². The number of nitrogens with zero attached hydrogens (tertiary/aromatic N) is 1. The van der Waals surface area contributed by atoms with Crippen LogP contribution in [0.15, 0.2) is 46.9 Å². The maximum atomic E-state index is 14.2. The number of benzene rings is 2. The highest BCUT2D eigenvalue weighted by Crippen LogP contribution is 2.28. The minimum Gasteiger partial charge on any atom is -0.451 e. The molecule has 4 rings (SSSR count). The van der Waals surface area contributed by atoms with Crippen molar-refractivity contribution in [2.75, 3.05) is 13.2 Å². The molecule has 0 unspecified atom stereocenters. The summed E-state index contributed by atoms with van der Waals surface area (Å²) in [4.78, 5) is 14.8. The average Bonchev–Trinajstić information content (AvgIpc) is 3.31. The number of aryl methyl sites for hydroxylation is 1. The molecule has 0 N–H and O–H groups in total. The molecule has 1 aliphatic rings. The highest BCUT2D eigenvalue weighted by Gasteiger charge is 2.28. The van der Waals surface area contributed by atoms with E-state index in [1.165, 1.54) is 24.3 Å². The molecule has 1 amide bonds. The first-order valence-corrected chi connectivity index (χ1v) is 9.36. The molecule has 28 heavy (non-hydrogen) atoms. The lowest BCUT2D eigenvalue weighted by atomic mass is 10.1. The lowest BCUT2D eigenvalue weighted by Gasteiger charge is -2.25. The number of ether oxygens (including phenoxy) is 1. The molecule has 0 saturated carbocycles. The fourth-order valence-electron chi connectivity index (χ4n) is 3.63. The van der Waals surface area contributed by atoms with Crippen molar-refractivity contribution in [2.24, 2.45) is 0 Å². The van der Waals surface area contributed by atoms with E-state index in [0.29, 0.717) is 35.2 Å². The van der Waals surface area contributed by atoms with Gasteiger partial charge in [0.25, 0.3) is 5.91 Å². The molecule has 6 heteroatoms. The lowest BCUT2D eigenvalue weighted by molar-refractivity contribution is 0.0482. The lowest BCUT2D eigenvalue weighted by Crippen LogP contribution is -2.37. The number of carbonyl (C=O) groups is 1. The molecule has 2 heterocycles. The number of carbonyl (C=O) groups excluding carboxylic acids is 1. The van der Waals surface area contributed by atoms with Crippen molar-refractivity contribution < 1.29 is 22.7 Å². The highest BCUT2D eigenvalue weighted by molar-refractivity contribution is 5.99. The molecule has 2 aromatic carbocycles. The molecule has 0 spiro atoms. The van der Waals surface area contributed by atoms with Crippen molar-refractivity contribution in [2.45, 2.75) is 32.4 Å². The Bertz CT molecular complexity index is 1010. The molecule has 146 valence electrons. The summed E-state index contributed by atoms with van der Waals surface area (Å²) in [5.41, 5.74) is 1.45. The van der Waals surface area contributed by atoms with Crippen LogP contribution in [0.25, 0.3) is 11.0 Å². The average molecular weight is 385 g/mol. The van der Waals surface area contributed by atoms with Gasteiger partial charge in [-0.05, 0) is 44.0 Å². The Hall–Kier alpha value is -2.73. The number of fused-ring (bicyclic) bond motifs is 1. The number of halogens is 2. The van der Waals surface area contributed by atoms with Crippen LogP contribution < -0.4 is 0 Å². The third-order valence-corrected chi connectivity index (χ3v) is 5.15. The van der Waals surface area contributed by atoms with E-state index in [2.05, 4.69) is 0 Å². The van der Waals surface area contributed by atoms with Crippen LogP contribution in [-0.4, -0.2) is 30.1 Å². The quantitative estimate of drug-likeness (QED) is 0.631. The Morgan fingerprint density at radius 2 is 2.04 bits per heavy atom. The molecule has 1 saturated heterocycles. The summed E-state index contributed by atoms with van der Waals surface area (Å²) in [5.74, 6) is -0.961. The number of furan rings is 1. The van der Waals surface area contributed by atoms with Crippen molar-refractivity contribution in [1.29, 1.82) is 0 Å². The van der Waals surface area contributed by atoms with Gasteiger partial charge in [-0.15, -0.1) is 0 Å². The van der Waals surface area contributed by atoms with E-state index in [1.807, 2.05) is 0 Å². The largest absolute Gasteiger partial charge is 0.451 e. The van der Waals surface area contributed by atoms with Gasteiger partial charge in [-0.3, -0.25) is 4.79 Å². The van der Waals surface area contributed by atoms with Crippen LogP contribution in [-0.2, 0) is 11.3 Å². The molecule has 0 radical (unpaired) electrons. The Morgan fingerprint density at radius 3 is 2.79 bits per heavy atom. The SMILES string of the molecule is Cc1c(C(=O)N(Cc2ccccc2F)C[C@H]2CCCO2)oc2ccc(F)cc12. The van der Waals surface area contributed by atoms with E-state index in [4.69, 9.17) is 9.15 Å². The van der Waals surface area contributed by atoms with E-state index >= 15 is 0 Å². The smallest absolute Gasteiger partial charge is 0.290 e. The summed E-state index contributed by atoms with van der Waals surface area (Å²) in [7, 11) is 0. The number of amides is 1. The molecule has 1 aromatic heterocycles. The summed E-state index contributed by atoms with van der Waals surface area (Å²) < 4.78 is 39.2. The summed E-state index contributed by atoms with van der Waals surface area (Å²) in [6.07, 6.45) is 1.71. The predicted molar refractivity (Wildman–Crippen MR) is 101 cm³/mol. The number of rotatable bonds is 5. The summed E-state index contributed by atoms with van der Waals surface area (Å²) >= 11 is 0. The number of hydrogen-bond donors (Lipinski definition) is 0. The molecular weight excluding hydrogens is 364 g/mol. The first-order valence-electron chi connectivity index (χ1n) is 9.36. The second kappa shape index (κ2) is 7.72. The third kappa shape index (κ3) is 3.64. The van der Waals surface area contributed by atoms with Crippen LogP contribution in [0.2, 0.25) is 0 Å². The second-order valence-corrected chi connectivity index (χ2v) is 7.11. The van der Waals surface area contributed by atoms with Crippen molar-refractivity contribution in [3.8, 4) is 0 Å². The zero-order valence-electron chi connectivity index (χ0n) is 15.6. The van der Waals surface area contributed by atoms with E-state index in [0.717, 1.165) is 12.8 Å². The molecule has 1 atom stereocenters. The summed E-state index contributed by atoms with van der Waals surface area (Å²) in [6.45, 7) is 2.84. The summed E-state index contributed by atoms with van der Waals surface area (Å²) in [5, 5.41) is 0.561. The van der Waals surface area contributed by atoms with Gasteiger partial charge in [0.05, 0.1) is 6.10 Å². The molecule has 3 aromatic rings. The van der Waals surface area contributed by atoms with Gasteiger partial charge in [-0.25, -0.2) is 8.78 Å². The van der Waals surface area contributed by atoms with Gasteiger partial charge in [-0.1, -0.05) is 18.2 Å². The van der Waals surface area contributed by atoms with Crippen molar-refractivity contribution in [3.05, 3.63) is 71.0 Å². The highest BCUT2D eigenvalue weighted by atomic mass is 19.1. The molecule has 0 bridgehead atoms. The van der Waals surface area contributed by atoms with Crippen LogP contribution in [0, 0.1) is 18.6 Å². The van der Waals surface area contributed by atoms with Crippen molar-refractivity contribution >= 4 is 16.9 Å². The topological polar surface area (TPSA) is 42.7 Å². The van der Waals surface area contributed by atoms with Gasteiger partial charge in [-0.2, -0.15) is 0 Å². The minimum absolute atomic E-state index is 0.0853.